The Kier molecular flexibility index (Phi) is 3.77. The molecule has 0 aliphatic rings. The van der Waals surface area contributed by atoms with Gasteiger partial charge in [0, 0.05) is 17.3 Å². The third kappa shape index (κ3) is 2.91. The number of ether oxygens (including phenoxy) is 1. The average Bonchev–Trinajstić information content (AvgIpc) is 2.28. The number of nitrogens with two attached hydrogens (primary N) is 1. The summed E-state index contributed by atoms with van der Waals surface area (Å²) in [6, 6.07) is 3.45. The zero-order chi connectivity index (χ0) is 12.1. The first kappa shape index (κ1) is 11.9. The zero-order valence-electron chi connectivity index (χ0n) is 8.57. The van der Waals surface area contributed by atoms with Crippen molar-refractivity contribution in [3.63, 3.8) is 0 Å². The highest BCUT2D eigenvalue weighted by Gasteiger charge is 2.08. The number of carbonyl (C=O) groups excluding carboxylic acids is 2. The number of rotatable bonds is 3. The Hall–Kier alpha value is -2.17. The second-order valence-electron chi connectivity index (χ2n) is 2.95. The van der Waals surface area contributed by atoms with Crippen LogP contribution in [0.2, 0.25) is 0 Å². The molecular formula is C11H10FNO3. The van der Waals surface area contributed by atoms with Crippen molar-refractivity contribution in [2.45, 2.75) is 0 Å². The number of ketones is 1. The lowest BCUT2D eigenvalue weighted by Gasteiger charge is -2.01. The molecule has 0 saturated heterocycles. The van der Waals surface area contributed by atoms with Crippen LogP contribution in [-0.4, -0.2) is 18.9 Å². The van der Waals surface area contributed by atoms with Crippen LogP contribution in [0.3, 0.4) is 0 Å². The maximum atomic E-state index is 12.8. The van der Waals surface area contributed by atoms with Crippen LogP contribution in [0.15, 0.2) is 30.4 Å². The minimum absolute atomic E-state index is 0.0140. The van der Waals surface area contributed by atoms with Gasteiger partial charge in [-0.2, -0.15) is 0 Å². The maximum Gasteiger partial charge on any atom is 0.330 e. The van der Waals surface area contributed by atoms with Crippen LogP contribution in [0.4, 0.5) is 10.1 Å². The van der Waals surface area contributed by atoms with E-state index in [1.807, 2.05) is 0 Å². The molecule has 0 aliphatic carbocycles. The van der Waals surface area contributed by atoms with E-state index in [0.717, 1.165) is 24.3 Å². The van der Waals surface area contributed by atoms with Crippen molar-refractivity contribution in [1.82, 2.24) is 0 Å². The molecule has 1 aromatic carbocycles. The summed E-state index contributed by atoms with van der Waals surface area (Å²) in [6.07, 6.45) is 1.93. The van der Waals surface area contributed by atoms with E-state index in [1.54, 1.807) is 0 Å². The molecule has 1 rings (SSSR count). The first-order valence-corrected chi connectivity index (χ1v) is 4.40. The molecular weight excluding hydrogens is 213 g/mol. The minimum Gasteiger partial charge on any atom is -0.466 e. The van der Waals surface area contributed by atoms with Gasteiger partial charge in [-0.25, -0.2) is 9.18 Å². The van der Waals surface area contributed by atoms with Crippen LogP contribution in [0.25, 0.3) is 0 Å². The van der Waals surface area contributed by atoms with E-state index in [9.17, 15) is 14.0 Å². The molecule has 0 aromatic heterocycles. The van der Waals surface area contributed by atoms with Crippen LogP contribution in [0.1, 0.15) is 10.4 Å². The molecule has 0 saturated carbocycles. The summed E-state index contributed by atoms with van der Waals surface area (Å²) in [5, 5.41) is 0. The monoisotopic (exact) mass is 223 g/mol. The van der Waals surface area contributed by atoms with Gasteiger partial charge in [-0.15, -0.1) is 0 Å². The first-order chi connectivity index (χ1) is 7.54. The molecule has 0 aliphatic heterocycles. The van der Waals surface area contributed by atoms with Crippen molar-refractivity contribution in [2.24, 2.45) is 0 Å². The largest absolute Gasteiger partial charge is 0.466 e. The number of hydrogen-bond acceptors (Lipinski definition) is 4. The van der Waals surface area contributed by atoms with Crippen molar-refractivity contribution in [3.05, 3.63) is 41.7 Å². The number of halogens is 1. The number of anilines is 1. The van der Waals surface area contributed by atoms with E-state index >= 15 is 0 Å². The normalized spacial score (nSPS) is 10.4. The molecule has 0 unspecified atom stereocenters. The van der Waals surface area contributed by atoms with Crippen molar-refractivity contribution < 1.29 is 18.7 Å². The zero-order valence-corrected chi connectivity index (χ0v) is 8.57. The van der Waals surface area contributed by atoms with Gasteiger partial charge in [-0.3, -0.25) is 4.79 Å². The highest BCUT2D eigenvalue weighted by atomic mass is 19.1. The Labute approximate surface area is 91.5 Å². The van der Waals surface area contributed by atoms with Gasteiger partial charge in [0.15, 0.2) is 5.78 Å². The van der Waals surface area contributed by atoms with Gasteiger partial charge >= 0.3 is 5.97 Å². The highest BCUT2D eigenvalue weighted by Crippen LogP contribution is 2.14. The molecule has 2 N–H and O–H groups in total. The molecule has 0 fully saturated rings. The SMILES string of the molecule is COC(=O)C=CC(=O)c1cc(F)ccc1N. The lowest BCUT2D eigenvalue weighted by Crippen LogP contribution is -2.03. The smallest absolute Gasteiger partial charge is 0.330 e. The molecule has 1 aromatic rings. The number of nitrogen functional groups attached to an aromatic ring is 1. The lowest BCUT2D eigenvalue weighted by atomic mass is 10.1. The van der Waals surface area contributed by atoms with Gasteiger partial charge in [0.05, 0.1) is 7.11 Å². The van der Waals surface area contributed by atoms with Crippen molar-refractivity contribution in [3.8, 4) is 0 Å². The highest BCUT2D eigenvalue weighted by molar-refractivity contribution is 6.10. The van der Waals surface area contributed by atoms with Gasteiger partial charge in [-0.05, 0) is 24.3 Å². The molecule has 5 heteroatoms. The average molecular weight is 223 g/mol. The fourth-order valence-electron chi connectivity index (χ4n) is 1.04. The minimum atomic E-state index is -0.664. The van der Waals surface area contributed by atoms with Crippen molar-refractivity contribution >= 4 is 17.4 Å². The predicted molar refractivity (Wildman–Crippen MR) is 56.3 cm³/mol. The number of benzene rings is 1. The van der Waals surface area contributed by atoms with E-state index in [-0.39, 0.29) is 11.3 Å². The van der Waals surface area contributed by atoms with E-state index in [2.05, 4.69) is 4.74 Å². The molecule has 0 bridgehead atoms. The third-order valence-electron chi connectivity index (χ3n) is 1.85. The van der Waals surface area contributed by atoms with Crippen LogP contribution < -0.4 is 5.73 Å². The fourth-order valence-corrected chi connectivity index (χ4v) is 1.04. The van der Waals surface area contributed by atoms with E-state index in [1.165, 1.54) is 13.2 Å². The third-order valence-corrected chi connectivity index (χ3v) is 1.85. The van der Waals surface area contributed by atoms with E-state index in [0.29, 0.717) is 0 Å². The summed E-state index contributed by atoms with van der Waals surface area (Å²) in [4.78, 5) is 22.2. The second kappa shape index (κ2) is 5.06. The number of esters is 1. The number of hydrogen-bond donors (Lipinski definition) is 1. The van der Waals surface area contributed by atoms with Gasteiger partial charge in [0.2, 0.25) is 0 Å². The van der Waals surface area contributed by atoms with Gasteiger partial charge in [0.1, 0.15) is 5.82 Å². The summed E-state index contributed by atoms with van der Waals surface area (Å²) >= 11 is 0. The Morgan fingerprint density at radius 1 is 1.38 bits per heavy atom. The molecule has 84 valence electrons. The quantitative estimate of drug-likeness (QED) is 0.363. The number of allylic oxidation sites excluding steroid dienone is 1. The topological polar surface area (TPSA) is 69.4 Å². The van der Waals surface area contributed by atoms with Crippen LogP contribution in [-0.2, 0) is 9.53 Å². The predicted octanol–water partition coefficient (Wildman–Crippen LogP) is 1.32. The van der Waals surface area contributed by atoms with Crippen molar-refractivity contribution in [1.29, 1.82) is 0 Å². The fraction of sp³-hybridized carbons (Fsp3) is 0.0909. The number of methoxy groups -OCH3 is 1. The molecule has 0 amide bonds. The van der Waals surface area contributed by atoms with Gasteiger partial charge in [0.25, 0.3) is 0 Å². The lowest BCUT2D eigenvalue weighted by molar-refractivity contribution is -0.134. The Morgan fingerprint density at radius 2 is 2.06 bits per heavy atom. The Morgan fingerprint density at radius 3 is 2.69 bits per heavy atom. The molecule has 0 radical (unpaired) electrons. The molecule has 0 heterocycles. The summed E-state index contributed by atoms with van der Waals surface area (Å²) in [7, 11) is 1.19. The summed E-state index contributed by atoms with van der Waals surface area (Å²) < 4.78 is 17.2. The molecule has 0 atom stereocenters. The summed E-state index contributed by atoms with van der Waals surface area (Å²) in [6.45, 7) is 0. The standard InChI is InChI=1S/C11H10FNO3/c1-16-11(15)5-4-10(14)8-6-7(12)2-3-9(8)13/h2-6H,13H2,1H3. The first-order valence-electron chi connectivity index (χ1n) is 4.40. The molecule has 4 nitrogen and oxygen atoms in total. The van der Waals surface area contributed by atoms with Crippen molar-refractivity contribution in [2.75, 3.05) is 12.8 Å². The van der Waals surface area contributed by atoms with Gasteiger partial charge < -0.3 is 10.5 Å². The van der Waals surface area contributed by atoms with Crippen LogP contribution in [0, 0.1) is 5.82 Å². The Balaban J connectivity index is 2.92. The Bertz CT molecular complexity index is 455. The van der Waals surface area contributed by atoms with E-state index in [4.69, 9.17) is 5.73 Å². The number of carbonyl (C=O) groups is 2. The summed E-state index contributed by atoms with van der Waals surface area (Å²) in [5.41, 5.74) is 5.66. The van der Waals surface area contributed by atoms with Crippen LogP contribution in [0.5, 0.6) is 0 Å². The van der Waals surface area contributed by atoms with E-state index < -0.39 is 17.6 Å². The molecule has 0 spiro atoms. The van der Waals surface area contributed by atoms with Crippen LogP contribution >= 0.6 is 0 Å². The maximum absolute atomic E-state index is 12.8. The molecule has 16 heavy (non-hydrogen) atoms. The second-order valence-corrected chi connectivity index (χ2v) is 2.95. The van der Waals surface area contributed by atoms with Gasteiger partial charge in [-0.1, -0.05) is 0 Å². The summed E-state index contributed by atoms with van der Waals surface area (Å²) in [5.74, 6) is -1.78.